The number of hydrogen-bond acceptors (Lipinski definition) is 6. The third-order valence-corrected chi connectivity index (χ3v) is 5.61. The minimum Gasteiger partial charge on any atom is -0.497 e. The molecule has 1 aromatic heterocycles. The van der Waals surface area contributed by atoms with Gasteiger partial charge in [0.2, 0.25) is 0 Å². The van der Waals surface area contributed by atoms with Crippen molar-refractivity contribution in [3.8, 4) is 5.75 Å². The highest BCUT2D eigenvalue weighted by Crippen LogP contribution is 2.27. The van der Waals surface area contributed by atoms with Crippen LogP contribution < -0.4 is 4.74 Å². The zero-order valence-electron chi connectivity index (χ0n) is 14.9. The van der Waals surface area contributed by atoms with Crippen LogP contribution in [-0.2, 0) is 10.5 Å². The number of morpholine rings is 1. The third-order valence-electron chi connectivity index (χ3n) is 3.52. The van der Waals surface area contributed by atoms with Crippen LogP contribution in [0.3, 0.4) is 0 Å². The standard InChI is InChI=1S/C16H18N2O3S2.C2H6/c1-20-13-4-2-12(3-5-13)10-22-16-17-14(11-23-16)15(19)18-6-8-21-9-7-18;1-2/h2-5,11H,6-10H2,1H3;1-2H3. The Balaban J connectivity index is 0.00000109. The summed E-state index contributed by atoms with van der Waals surface area (Å²) in [6.07, 6.45) is 0. The van der Waals surface area contributed by atoms with Crippen LogP contribution in [0, 0.1) is 0 Å². The largest absolute Gasteiger partial charge is 0.497 e. The smallest absolute Gasteiger partial charge is 0.273 e. The zero-order chi connectivity index (χ0) is 18.1. The third kappa shape index (κ3) is 5.73. The highest BCUT2D eigenvalue weighted by atomic mass is 32.2. The fraction of sp³-hybridized carbons (Fsp3) is 0.444. The van der Waals surface area contributed by atoms with Crippen LogP contribution in [-0.4, -0.2) is 49.2 Å². The highest BCUT2D eigenvalue weighted by Gasteiger charge is 2.20. The molecule has 1 aliphatic heterocycles. The monoisotopic (exact) mass is 380 g/mol. The van der Waals surface area contributed by atoms with Gasteiger partial charge in [0.15, 0.2) is 4.34 Å². The molecule has 25 heavy (non-hydrogen) atoms. The Morgan fingerprint density at radius 2 is 1.96 bits per heavy atom. The van der Waals surface area contributed by atoms with Crippen LogP contribution in [0.5, 0.6) is 5.75 Å². The number of methoxy groups -OCH3 is 1. The summed E-state index contributed by atoms with van der Waals surface area (Å²) < 4.78 is 11.3. The van der Waals surface area contributed by atoms with Crippen LogP contribution in [0.1, 0.15) is 29.9 Å². The molecule has 3 rings (SSSR count). The summed E-state index contributed by atoms with van der Waals surface area (Å²) >= 11 is 3.16. The van der Waals surface area contributed by atoms with Gasteiger partial charge < -0.3 is 14.4 Å². The molecule has 0 aliphatic carbocycles. The first-order valence-electron chi connectivity index (χ1n) is 8.34. The van der Waals surface area contributed by atoms with Gasteiger partial charge in [-0.05, 0) is 17.7 Å². The van der Waals surface area contributed by atoms with Crippen molar-refractivity contribution in [1.29, 1.82) is 0 Å². The van der Waals surface area contributed by atoms with Crippen molar-refractivity contribution in [3.63, 3.8) is 0 Å². The summed E-state index contributed by atoms with van der Waals surface area (Å²) in [5, 5.41) is 1.84. The number of carbonyl (C=O) groups is 1. The van der Waals surface area contributed by atoms with Gasteiger partial charge >= 0.3 is 0 Å². The average molecular weight is 381 g/mol. The maximum absolute atomic E-state index is 12.3. The molecule has 0 saturated carbocycles. The Bertz CT molecular complexity index is 653. The number of rotatable bonds is 5. The Labute approximate surface area is 157 Å². The van der Waals surface area contributed by atoms with Gasteiger partial charge in [-0.2, -0.15) is 0 Å². The van der Waals surface area contributed by atoms with Crippen molar-refractivity contribution in [1.82, 2.24) is 9.88 Å². The van der Waals surface area contributed by atoms with Gasteiger partial charge in [-0.3, -0.25) is 4.79 Å². The number of thioether (sulfide) groups is 1. The predicted molar refractivity (Wildman–Crippen MR) is 103 cm³/mol. The van der Waals surface area contributed by atoms with E-state index in [1.807, 2.05) is 43.5 Å². The van der Waals surface area contributed by atoms with E-state index in [0.29, 0.717) is 32.0 Å². The van der Waals surface area contributed by atoms with Crippen molar-refractivity contribution in [2.45, 2.75) is 23.9 Å². The Morgan fingerprint density at radius 1 is 1.28 bits per heavy atom. The lowest BCUT2D eigenvalue weighted by Crippen LogP contribution is -2.40. The lowest BCUT2D eigenvalue weighted by atomic mass is 10.2. The molecule has 136 valence electrons. The van der Waals surface area contributed by atoms with Gasteiger partial charge in [0.05, 0.1) is 20.3 Å². The first-order valence-corrected chi connectivity index (χ1v) is 10.2. The first kappa shape index (κ1) is 19.8. The topological polar surface area (TPSA) is 51.7 Å². The zero-order valence-corrected chi connectivity index (χ0v) is 16.5. The van der Waals surface area contributed by atoms with Crippen LogP contribution in [0.2, 0.25) is 0 Å². The minimum atomic E-state index is 0.000785. The number of amides is 1. The van der Waals surface area contributed by atoms with Crippen LogP contribution >= 0.6 is 23.1 Å². The first-order chi connectivity index (χ1) is 12.3. The summed E-state index contributed by atoms with van der Waals surface area (Å²) in [5.74, 6) is 1.68. The van der Waals surface area contributed by atoms with Crippen LogP contribution in [0.25, 0.3) is 0 Å². The van der Waals surface area contributed by atoms with E-state index in [4.69, 9.17) is 9.47 Å². The van der Waals surface area contributed by atoms with E-state index in [2.05, 4.69) is 4.98 Å². The molecule has 0 atom stereocenters. The molecule has 0 unspecified atom stereocenters. The van der Waals surface area contributed by atoms with E-state index < -0.39 is 0 Å². The lowest BCUT2D eigenvalue weighted by Gasteiger charge is -2.25. The van der Waals surface area contributed by atoms with Crippen molar-refractivity contribution in [2.75, 3.05) is 33.4 Å². The number of benzene rings is 1. The van der Waals surface area contributed by atoms with Gasteiger partial charge in [-0.1, -0.05) is 37.7 Å². The number of ether oxygens (including phenoxy) is 2. The molecule has 1 aliphatic rings. The lowest BCUT2D eigenvalue weighted by molar-refractivity contribution is 0.0299. The molecule has 1 fully saturated rings. The van der Waals surface area contributed by atoms with Gasteiger partial charge in [0, 0.05) is 24.2 Å². The molecule has 1 amide bonds. The van der Waals surface area contributed by atoms with Crippen molar-refractivity contribution < 1.29 is 14.3 Å². The molecule has 2 heterocycles. The van der Waals surface area contributed by atoms with E-state index >= 15 is 0 Å². The quantitative estimate of drug-likeness (QED) is 0.736. The molecule has 7 heteroatoms. The number of carbonyl (C=O) groups excluding carboxylic acids is 1. The van der Waals surface area contributed by atoms with Gasteiger partial charge in [0.25, 0.3) is 5.91 Å². The molecule has 0 radical (unpaired) electrons. The van der Waals surface area contributed by atoms with E-state index in [9.17, 15) is 4.79 Å². The maximum Gasteiger partial charge on any atom is 0.273 e. The number of aromatic nitrogens is 1. The number of hydrogen-bond donors (Lipinski definition) is 0. The summed E-state index contributed by atoms with van der Waals surface area (Å²) in [6.45, 7) is 6.50. The summed E-state index contributed by atoms with van der Waals surface area (Å²) in [7, 11) is 1.66. The molecule has 0 N–H and O–H groups in total. The second kappa shape index (κ2) is 10.4. The second-order valence-electron chi connectivity index (χ2n) is 5.04. The normalized spacial score (nSPS) is 13.8. The predicted octanol–water partition coefficient (Wildman–Crippen LogP) is 3.94. The van der Waals surface area contributed by atoms with Crippen molar-refractivity contribution in [2.24, 2.45) is 0 Å². The Kier molecular flexibility index (Phi) is 8.24. The van der Waals surface area contributed by atoms with E-state index in [-0.39, 0.29) is 5.91 Å². The van der Waals surface area contributed by atoms with Crippen LogP contribution in [0.4, 0.5) is 0 Å². The summed E-state index contributed by atoms with van der Waals surface area (Å²) in [6, 6.07) is 7.98. The summed E-state index contributed by atoms with van der Waals surface area (Å²) in [5.41, 5.74) is 1.74. The molecular formula is C18H24N2O3S2. The molecule has 1 saturated heterocycles. The SMILES string of the molecule is CC.COc1ccc(CSc2nc(C(=O)N3CCOCC3)cs2)cc1. The Hall–Kier alpha value is -1.57. The molecule has 0 bridgehead atoms. The second-order valence-corrected chi connectivity index (χ2v) is 7.12. The van der Waals surface area contributed by atoms with Crippen molar-refractivity contribution >= 4 is 29.0 Å². The molecule has 5 nitrogen and oxygen atoms in total. The van der Waals surface area contributed by atoms with Gasteiger partial charge in [0.1, 0.15) is 11.4 Å². The van der Waals surface area contributed by atoms with E-state index in [0.717, 1.165) is 15.8 Å². The fourth-order valence-electron chi connectivity index (χ4n) is 2.22. The minimum absolute atomic E-state index is 0.000785. The molecule has 1 aromatic carbocycles. The molecule has 0 spiro atoms. The molecule has 2 aromatic rings. The average Bonchev–Trinajstić information content (AvgIpc) is 3.17. The van der Waals surface area contributed by atoms with Crippen LogP contribution in [0.15, 0.2) is 34.0 Å². The maximum atomic E-state index is 12.3. The van der Waals surface area contributed by atoms with E-state index in [1.165, 1.54) is 16.9 Å². The molecular weight excluding hydrogens is 356 g/mol. The number of thiazole rings is 1. The van der Waals surface area contributed by atoms with Gasteiger partial charge in [-0.15, -0.1) is 11.3 Å². The van der Waals surface area contributed by atoms with Gasteiger partial charge in [-0.25, -0.2) is 4.98 Å². The van der Waals surface area contributed by atoms with Crippen molar-refractivity contribution in [3.05, 3.63) is 40.9 Å². The number of nitrogens with zero attached hydrogens (tertiary/aromatic N) is 2. The fourth-order valence-corrected chi connectivity index (χ4v) is 3.97. The summed E-state index contributed by atoms with van der Waals surface area (Å²) in [4.78, 5) is 18.6. The highest BCUT2D eigenvalue weighted by molar-refractivity contribution is 8.00. The van der Waals surface area contributed by atoms with E-state index in [1.54, 1.807) is 23.8 Å². The Morgan fingerprint density at radius 3 is 2.60 bits per heavy atom.